The monoisotopic (exact) mass is 395 g/mol. The zero-order valence-corrected chi connectivity index (χ0v) is 9.99. The molecule has 11 heteroatoms. The van der Waals surface area contributed by atoms with Crippen molar-refractivity contribution >= 4 is 0 Å². The van der Waals surface area contributed by atoms with Crippen molar-refractivity contribution in [2.24, 2.45) is 0 Å². The molecule has 0 spiro atoms. The predicted octanol–water partition coefficient (Wildman–Crippen LogP) is -4.01. The summed E-state index contributed by atoms with van der Waals surface area (Å²) in [6.07, 6.45) is 0. The van der Waals surface area contributed by atoms with E-state index < -0.39 is 0 Å². The smallest absolute Gasteiger partial charge is 0.870 e. The summed E-state index contributed by atoms with van der Waals surface area (Å²) in [5.41, 5.74) is 0. The zero-order chi connectivity index (χ0) is 0. The number of rotatable bonds is 0. The molecule has 0 saturated carbocycles. The van der Waals surface area contributed by atoms with E-state index in [2.05, 4.69) is 0 Å². The molecule has 8 nitrogen and oxygen atoms in total. The molecule has 0 fully saturated rings. The van der Waals surface area contributed by atoms with Gasteiger partial charge >= 0.3 is 16.8 Å². The van der Waals surface area contributed by atoms with Crippen molar-refractivity contribution in [3.63, 3.8) is 0 Å². The second-order valence-corrected chi connectivity index (χ2v) is 0. The first kappa shape index (κ1) is 687. The molecular weight excluding hydrogens is 379 g/mol. The summed E-state index contributed by atoms with van der Waals surface area (Å²) in [5, 5.41) is 0. The fraction of sp³-hybridized carbons (Fsp3) is 0. The molecule has 0 aromatic carbocycles. The van der Waals surface area contributed by atoms with Crippen molar-refractivity contribution in [3.8, 4) is 0 Å². The topological polar surface area (TPSA) is 246 Å². The van der Waals surface area contributed by atoms with Crippen LogP contribution in [0.15, 0.2) is 0 Å². The first-order chi connectivity index (χ1) is 0. The molecule has 82 valence electrons. The second-order valence-electron chi connectivity index (χ2n) is 0. The van der Waals surface area contributed by atoms with E-state index in [1.807, 2.05) is 0 Å². The maximum Gasteiger partial charge on any atom is 3.00 e. The SMILES string of the molecule is O.O.O.O.[Co+3].[Mo].[Mo].[OH-].[OH-].[OH-].[OH-]. The van der Waals surface area contributed by atoms with Crippen LogP contribution in [0.3, 0.4) is 0 Å². The van der Waals surface area contributed by atoms with E-state index in [0.717, 1.165) is 0 Å². The van der Waals surface area contributed by atoms with Crippen LogP contribution in [0.2, 0.25) is 0 Å². The van der Waals surface area contributed by atoms with Crippen molar-refractivity contribution < 1.29 is 103 Å². The van der Waals surface area contributed by atoms with E-state index in [0.29, 0.717) is 0 Å². The Balaban J connectivity index is 0. The van der Waals surface area contributed by atoms with E-state index in [1.165, 1.54) is 0 Å². The summed E-state index contributed by atoms with van der Waals surface area (Å²) in [5.74, 6) is 0. The van der Waals surface area contributed by atoms with Crippen LogP contribution in [-0.4, -0.2) is 43.8 Å². The van der Waals surface area contributed by atoms with Crippen LogP contribution < -0.4 is 0 Å². The van der Waals surface area contributed by atoms with Gasteiger partial charge in [-0.3, -0.25) is 0 Å². The Bertz CT molecular complexity index is 12.1. The minimum atomic E-state index is 0. The molecule has 0 bridgehead atoms. The maximum atomic E-state index is 0. The van der Waals surface area contributed by atoms with E-state index in [9.17, 15) is 0 Å². The number of hydrogen-bond donors (Lipinski definition) is 0. The van der Waals surface area contributed by atoms with Crippen molar-refractivity contribution in [2.45, 2.75) is 0 Å². The summed E-state index contributed by atoms with van der Waals surface area (Å²) in [6.45, 7) is 0. The predicted molar refractivity (Wildman–Crippen MR) is 22.2 cm³/mol. The first-order valence-electron chi connectivity index (χ1n) is 0. The third-order valence-corrected chi connectivity index (χ3v) is 0. The third kappa shape index (κ3) is 433. The van der Waals surface area contributed by atoms with Crippen molar-refractivity contribution in [1.82, 2.24) is 0 Å². The number of hydrogen-bond acceptors (Lipinski definition) is 4. The van der Waals surface area contributed by atoms with Gasteiger partial charge in [0, 0.05) is 42.1 Å². The first-order valence-corrected chi connectivity index (χ1v) is 0. The zero-order valence-electron chi connectivity index (χ0n) is 4.94. The molecule has 0 aliphatic heterocycles. The van der Waals surface area contributed by atoms with E-state index in [4.69, 9.17) is 0 Å². The minimum absolute atomic E-state index is 0. The van der Waals surface area contributed by atoms with Crippen LogP contribution in [0.4, 0.5) is 0 Å². The molecule has 11 heavy (non-hydrogen) atoms. The van der Waals surface area contributed by atoms with Gasteiger partial charge in [-0.1, -0.05) is 0 Å². The average molecular weight is 391 g/mol. The van der Waals surface area contributed by atoms with Crippen molar-refractivity contribution in [1.29, 1.82) is 0 Å². The Morgan fingerprint density at radius 3 is 0.364 bits per heavy atom. The van der Waals surface area contributed by atoms with Crippen LogP contribution in [0.1, 0.15) is 0 Å². The molecule has 0 heterocycles. The quantitative estimate of drug-likeness (QED) is 0.374. The molecular formula is H12CoMo2O8-. The van der Waals surface area contributed by atoms with Crippen LogP contribution in [0, 0.1) is 0 Å². The van der Waals surface area contributed by atoms with Gasteiger partial charge in [0.15, 0.2) is 0 Å². The van der Waals surface area contributed by atoms with Gasteiger partial charge in [0.1, 0.15) is 0 Å². The van der Waals surface area contributed by atoms with Gasteiger partial charge in [0.25, 0.3) is 0 Å². The molecule has 0 aromatic rings. The van der Waals surface area contributed by atoms with Crippen LogP contribution in [-0.2, 0) is 58.9 Å². The molecule has 12 N–H and O–H groups in total. The maximum absolute atomic E-state index is 0. The molecule has 0 saturated heterocycles. The van der Waals surface area contributed by atoms with Crippen LogP contribution in [0.25, 0.3) is 0 Å². The van der Waals surface area contributed by atoms with E-state index in [1.54, 1.807) is 0 Å². The Hall–Kier alpha value is 1.56. The van der Waals surface area contributed by atoms with Gasteiger partial charge < -0.3 is 43.8 Å². The van der Waals surface area contributed by atoms with Gasteiger partial charge in [0.2, 0.25) is 0 Å². The van der Waals surface area contributed by atoms with Crippen LogP contribution >= 0.6 is 0 Å². The van der Waals surface area contributed by atoms with E-state index in [-0.39, 0.29) is 103 Å². The Kier molecular flexibility index (Phi) is 33000. The van der Waals surface area contributed by atoms with Gasteiger partial charge in [0.05, 0.1) is 0 Å². The van der Waals surface area contributed by atoms with Gasteiger partial charge in [-0.05, 0) is 0 Å². The largest absolute Gasteiger partial charge is 3.00 e. The standard InChI is InChI=1S/Co.2Mo.8H2O/h;;;8*1H2/q+3;;;;;;;;;;/p-4. The Morgan fingerprint density at radius 1 is 0.364 bits per heavy atom. The summed E-state index contributed by atoms with van der Waals surface area (Å²) in [6, 6.07) is 0. The van der Waals surface area contributed by atoms with E-state index >= 15 is 0 Å². The Labute approximate surface area is 102 Å². The molecule has 0 aliphatic carbocycles. The average Bonchev–Trinajstić information content (AvgIpc) is 0. The Morgan fingerprint density at radius 2 is 0.364 bits per heavy atom. The minimum Gasteiger partial charge on any atom is -0.870 e. The van der Waals surface area contributed by atoms with Crippen LogP contribution in [0.5, 0.6) is 0 Å². The summed E-state index contributed by atoms with van der Waals surface area (Å²) in [7, 11) is 0. The molecule has 0 aliphatic rings. The fourth-order valence-electron chi connectivity index (χ4n) is 0. The fourth-order valence-corrected chi connectivity index (χ4v) is 0. The van der Waals surface area contributed by atoms with Crippen molar-refractivity contribution in [3.05, 3.63) is 0 Å². The summed E-state index contributed by atoms with van der Waals surface area (Å²) < 4.78 is 0. The van der Waals surface area contributed by atoms with Gasteiger partial charge in [-0.15, -0.1) is 0 Å². The summed E-state index contributed by atoms with van der Waals surface area (Å²) in [4.78, 5) is 0. The molecule has 0 unspecified atom stereocenters. The third-order valence-electron chi connectivity index (χ3n) is 0. The molecule has 0 rings (SSSR count). The second kappa shape index (κ2) is 528. The summed E-state index contributed by atoms with van der Waals surface area (Å²) >= 11 is 0. The molecule has 0 radical (unpaired) electrons. The molecule has 0 amide bonds. The molecule has 0 atom stereocenters. The van der Waals surface area contributed by atoms with Gasteiger partial charge in [-0.25, -0.2) is 0 Å². The molecule has 0 aromatic heterocycles. The van der Waals surface area contributed by atoms with Crippen molar-refractivity contribution in [2.75, 3.05) is 0 Å². The normalized spacial score (nSPS) is 0. The van der Waals surface area contributed by atoms with Gasteiger partial charge in [-0.2, -0.15) is 0 Å².